The Morgan fingerprint density at radius 3 is 2.78 bits per heavy atom. The van der Waals surface area contributed by atoms with Gasteiger partial charge in [-0.1, -0.05) is 25.1 Å². The summed E-state index contributed by atoms with van der Waals surface area (Å²) in [5, 5.41) is 0. The Hall–Kier alpha value is -1.94. The maximum Gasteiger partial charge on any atom is 0.127 e. The molecule has 3 nitrogen and oxygen atoms in total. The fraction of sp³-hybridized carbons (Fsp3) is 0.421. The SMILES string of the molecule is CC1(COc2ccncc2)CCCN(Cc2ccccc2F)C1. The number of halogens is 1. The molecular weight excluding hydrogens is 291 g/mol. The molecular formula is C19H23FN2O. The van der Waals surface area contributed by atoms with Crippen molar-refractivity contribution in [3.63, 3.8) is 0 Å². The first-order valence-corrected chi connectivity index (χ1v) is 8.13. The quantitative estimate of drug-likeness (QED) is 0.837. The van der Waals surface area contributed by atoms with E-state index < -0.39 is 0 Å². The Balaban J connectivity index is 1.59. The second-order valence-electron chi connectivity index (χ2n) is 6.69. The van der Waals surface area contributed by atoms with E-state index in [2.05, 4.69) is 16.8 Å². The molecule has 1 aliphatic rings. The summed E-state index contributed by atoms with van der Waals surface area (Å²) < 4.78 is 19.8. The second kappa shape index (κ2) is 7.09. The van der Waals surface area contributed by atoms with Crippen LogP contribution < -0.4 is 4.74 Å². The van der Waals surface area contributed by atoms with Gasteiger partial charge >= 0.3 is 0 Å². The topological polar surface area (TPSA) is 25.4 Å². The van der Waals surface area contributed by atoms with E-state index in [4.69, 9.17) is 4.74 Å². The van der Waals surface area contributed by atoms with Crippen molar-refractivity contribution in [3.05, 3.63) is 60.2 Å². The van der Waals surface area contributed by atoms with Crippen LogP contribution in [0.5, 0.6) is 5.75 Å². The first kappa shape index (κ1) is 15.9. The number of pyridine rings is 1. The third-order valence-electron chi connectivity index (χ3n) is 4.45. The van der Waals surface area contributed by atoms with Crippen LogP contribution in [0.25, 0.3) is 0 Å². The zero-order valence-electron chi connectivity index (χ0n) is 13.5. The summed E-state index contributed by atoms with van der Waals surface area (Å²) >= 11 is 0. The second-order valence-corrected chi connectivity index (χ2v) is 6.69. The molecule has 0 N–H and O–H groups in total. The lowest BCUT2D eigenvalue weighted by atomic mass is 9.82. The van der Waals surface area contributed by atoms with Crippen LogP contribution in [0.4, 0.5) is 4.39 Å². The highest BCUT2D eigenvalue weighted by Gasteiger charge is 2.32. The summed E-state index contributed by atoms with van der Waals surface area (Å²) in [6, 6.07) is 10.8. The van der Waals surface area contributed by atoms with E-state index in [0.29, 0.717) is 13.2 Å². The van der Waals surface area contributed by atoms with Gasteiger partial charge in [-0.05, 0) is 37.6 Å². The molecule has 0 aliphatic carbocycles. The van der Waals surface area contributed by atoms with Crippen LogP contribution in [0.15, 0.2) is 48.8 Å². The van der Waals surface area contributed by atoms with Crippen molar-refractivity contribution >= 4 is 0 Å². The molecule has 0 radical (unpaired) electrons. The van der Waals surface area contributed by atoms with E-state index in [0.717, 1.165) is 37.2 Å². The molecule has 0 spiro atoms. The van der Waals surface area contributed by atoms with Gasteiger partial charge in [0.2, 0.25) is 0 Å². The average Bonchev–Trinajstić information content (AvgIpc) is 2.56. The van der Waals surface area contributed by atoms with E-state index in [9.17, 15) is 4.39 Å². The summed E-state index contributed by atoms with van der Waals surface area (Å²) in [4.78, 5) is 6.33. The molecule has 1 saturated heterocycles. The van der Waals surface area contributed by atoms with Crippen LogP contribution in [0.1, 0.15) is 25.3 Å². The van der Waals surface area contributed by atoms with E-state index >= 15 is 0 Å². The highest BCUT2D eigenvalue weighted by Crippen LogP contribution is 2.31. The minimum Gasteiger partial charge on any atom is -0.493 e. The lowest BCUT2D eigenvalue weighted by Crippen LogP contribution is -2.44. The van der Waals surface area contributed by atoms with Crippen molar-refractivity contribution in [1.29, 1.82) is 0 Å². The summed E-state index contributed by atoms with van der Waals surface area (Å²) in [5.41, 5.74) is 0.860. The van der Waals surface area contributed by atoms with Crippen LogP contribution in [0, 0.1) is 11.2 Å². The highest BCUT2D eigenvalue weighted by molar-refractivity contribution is 5.18. The summed E-state index contributed by atoms with van der Waals surface area (Å²) in [6.45, 7) is 5.52. The van der Waals surface area contributed by atoms with E-state index in [-0.39, 0.29) is 11.2 Å². The molecule has 1 fully saturated rings. The number of hydrogen-bond donors (Lipinski definition) is 0. The predicted octanol–water partition coefficient (Wildman–Crippen LogP) is 3.90. The Morgan fingerprint density at radius 1 is 1.22 bits per heavy atom. The molecule has 0 saturated carbocycles. The van der Waals surface area contributed by atoms with Crippen molar-refractivity contribution in [2.45, 2.75) is 26.3 Å². The first-order chi connectivity index (χ1) is 11.1. The van der Waals surface area contributed by atoms with Crippen LogP contribution in [0.2, 0.25) is 0 Å². The summed E-state index contributed by atoms with van der Waals surface area (Å²) in [5.74, 6) is 0.736. The van der Waals surface area contributed by atoms with Crippen molar-refractivity contribution in [2.75, 3.05) is 19.7 Å². The van der Waals surface area contributed by atoms with Crippen LogP contribution in [-0.2, 0) is 6.54 Å². The lowest BCUT2D eigenvalue weighted by Gasteiger charge is -2.40. The van der Waals surface area contributed by atoms with Gasteiger partial charge in [-0.25, -0.2) is 4.39 Å². The van der Waals surface area contributed by atoms with Gasteiger partial charge in [0.25, 0.3) is 0 Å². The van der Waals surface area contributed by atoms with Crippen molar-refractivity contribution in [3.8, 4) is 5.75 Å². The molecule has 4 heteroatoms. The summed E-state index contributed by atoms with van der Waals surface area (Å²) in [6.07, 6.45) is 5.72. The number of rotatable bonds is 5. The average molecular weight is 314 g/mol. The fourth-order valence-electron chi connectivity index (χ4n) is 3.24. The van der Waals surface area contributed by atoms with Gasteiger partial charge in [0.1, 0.15) is 11.6 Å². The van der Waals surface area contributed by atoms with E-state index in [1.54, 1.807) is 18.5 Å². The molecule has 1 unspecified atom stereocenters. The monoisotopic (exact) mass is 314 g/mol. The number of ether oxygens (including phenoxy) is 1. The van der Waals surface area contributed by atoms with Gasteiger partial charge in [0.15, 0.2) is 0 Å². The number of aromatic nitrogens is 1. The number of piperidine rings is 1. The van der Waals surface area contributed by atoms with Crippen molar-refractivity contribution < 1.29 is 9.13 Å². The van der Waals surface area contributed by atoms with Gasteiger partial charge in [0.05, 0.1) is 6.61 Å². The molecule has 2 heterocycles. The van der Waals surface area contributed by atoms with Crippen LogP contribution >= 0.6 is 0 Å². The Labute approximate surface area is 137 Å². The largest absolute Gasteiger partial charge is 0.493 e. The number of benzene rings is 1. The molecule has 2 aromatic rings. The highest BCUT2D eigenvalue weighted by atomic mass is 19.1. The van der Waals surface area contributed by atoms with E-state index in [1.807, 2.05) is 24.3 Å². The van der Waals surface area contributed by atoms with Gasteiger partial charge in [-0.2, -0.15) is 0 Å². The van der Waals surface area contributed by atoms with E-state index in [1.165, 1.54) is 6.07 Å². The minimum atomic E-state index is -0.118. The molecule has 122 valence electrons. The number of hydrogen-bond acceptors (Lipinski definition) is 3. The Bertz CT molecular complexity index is 634. The predicted molar refractivity (Wildman–Crippen MR) is 88.8 cm³/mol. The normalized spacial score (nSPS) is 22.0. The van der Waals surface area contributed by atoms with Gasteiger partial charge in [-0.3, -0.25) is 9.88 Å². The molecule has 23 heavy (non-hydrogen) atoms. The van der Waals surface area contributed by atoms with Crippen molar-refractivity contribution in [1.82, 2.24) is 9.88 Å². The summed E-state index contributed by atoms with van der Waals surface area (Å²) in [7, 11) is 0. The maximum absolute atomic E-state index is 13.8. The Kier molecular flexibility index (Phi) is 4.91. The molecule has 0 bridgehead atoms. The zero-order valence-corrected chi connectivity index (χ0v) is 13.5. The lowest BCUT2D eigenvalue weighted by molar-refractivity contribution is 0.0517. The van der Waals surface area contributed by atoms with Gasteiger partial charge in [0, 0.05) is 36.5 Å². The molecule has 1 aliphatic heterocycles. The number of likely N-dealkylation sites (tertiary alicyclic amines) is 1. The smallest absolute Gasteiger partial charge is 0.127 e. The molecule has 1 aromatic carbocycles. The van der Waals surface area contributed by atoms with Crippen LogP contribution in [0.3, 0.4) is 0 Å². The zero-order chi connectivity index (χ0) is 16.1. The number of nitrogens with zero attached hydrogens (tertiary/aromatic N) is 2. The third kappa shape index (κ3) is 4.29. The molecule has 1 atom stereocenters. The molecule has 1 aromatic heterocycles. The van der Waals surface area contributed by atoms with Crippen molar-refractivity contribution in [2.24, 2.45) is 5.41 Å². The van der Waals surface area contributed by atoms with Crippen LogP contribution in [-0.4, -0.2) is 29.6 Å². The fourth-order valence-corrected chi connectivity index (χ4v) is 3.24. The van der Waals surface area contributed by atoms with Gasteiger partial charge < -0.3 is 4.74 Å². The minimum absolute atomic E-state index is 0.0901. The maximum atomic E-state index is 13.8. The first-order valence-electron chi connectivity index (χ1n) is 8.13. The molecule has 3 rings (SSSR count). The third-order valence-corrected chi connectivity index (χ3v) is 4.45. The Morgan fingerprint density at radius 2 is 2.00 bits per heavy atom. The molecule has 0 amide bonds. The van der Waals surface area contributed by atoms with Gasteiger partial charge in [-0.15, -0.1) is 0 Å². The standard InChI is InChI=1S/C19H23FN2O/c1-19(15-23-17-7-10-21-11-8-17)9-4-12-22(14-19)13-16-5-2-3-6-18(16)20/h2-3,5-8,10-11H,4,9,12-15H2,1H3.